The molecule has 1 aromatic rings. The lowest BCUT2D eigenvalue weighted by Gasteiger charge is -2.29. The van der Waals surface area contributed by atoms with Gasteiger partial charge in [-0.25, -0.2) is 0 Å². The number of hydrogen-bond acceptors (Lipinski definition) is 3. The number of hydrogen-bond donors (Lipinski definition) is 1. The van der Waals surface area contributed by atoms with E-state index in [1.165, 1.54) is 43.6 Å². The standard InChI is InChI=1S/C19H32N4S.HI/c1-16(24-4)14-21-19(20-2)22(3)15-17-8-10-18(11-9-17)23-12-6-5-7-13-23;/h8-11,16H,5-7,12-15H2,1-4H3,(H,20,21);1H. The molecule has 2 rings (SSSR count). The zero-order valence-corrected chi connectivity index (χ0v) is 19.1. The Balaban J connectivity index is 0.00000312. The number of aliphatic imine (C=N–C) groups is 1. The second-order valence-corrected chi connectivity index (χ2v) is 7.82. The highest BCUT2D eigenvalue weighted by molar-refractivity contribution is 14.0. The zero-order valence-electron chi connectivity index (χ0n) is 16.0. The van der Waals surface area contributed by atoms with Crippen molar-refractivity contribution in [2.45, 2.75) is 38.0 Å². The van der Waals surface area contributed by atoms with Crippen LogP contribution in [0.25, 0.3) is 0 Å². The van der Waals surface area contributed by atoms with Crippen LogP contribution >= 0.6 is 35.7 Å². The smallest absolute Gasteiger partial charge is 0.193 e. The van der Waals surface area contributed by atoms with Crippen molar-refractivity contribution >= 4 is 47.4 Å². The third-order valence-corrected chi connectivity index (χ3v) is 5.57. The van der Waals surface area contributed by atoms with Gasteiger partial charge in [-0.1, -0.05) is 19.1 Å². The number of rotatable bonds is 6. The SMILES string of the molecule is CN=C(NCC(C)SC)N(C)Cc1ccc(N2CCCCC2)cc1.I. The molecule has 1 N–H and O–H groups in total. The minimum atomic E-state index is 0. The Morgan fingerprint density at radius 2 is 1.88 bits per heavy atom. The summed E-state index contributed by atoms with van der Waals surface area (Å²) in [5.74, 6) is 0.955. The highest BCUT2D eigenvalue weighted by Gasteiger charge is 2.12. The van der Waals surface area contributed by atoms with Gasteiger partial charge in [-0.05, 0) is 43.2 Å². The fourth-order valence-corrected chi connectivity index (χ4v) is 3.27. The molecular weight excluding hydrogens is 443 g/mol. The highest BCUT2D eigenvalue weighted by atomic mass is 127. The molecule has 1 atom stereocenters. The van der Waals surface area contributed by atoms with Gasteiger partial charge in [0.1, 0.15) is 0 Å². The van der Waals surface area contributed by atoms with Crippen molar-refractivity contribution in [2.75, 3.05) is 44.9 Å². The topological polar surface area (TPSA) is 30.9 Å². The van der Waals surface area contributed by atoms with Gasteiger partial charge in [0.2, 0.25) is 0 Å². The van der Waals surface area contributed by atoms with E-state index in [-0.39, 0.29) is 24.0 Å². The maximum Gasteiger partial charge on any atom is 0.193 e. The van der Waals surface area contributed by atoms with Gasteiger partial charge in [0.15, 0.2) is 5.96 Å². The summed E-state index contributed by atoms with van der Waals surface area (Å²) in [6.07, 6.45) is 6.16. The fourth-order valence-electron chi connectivity index (χ4n) is 3.02. The van der Waals surface area contributed by atoms with Crippen LogP contribution in [0.2, 0.25) is 0 Å². The van der Waals surface area contributed by atoms with E-state index < -0.39 is 0 Å². The minimum absolute atomic E-state index is 0. The van der Waals surface area contributed by atoms with Crippen molar-refractivity contribution < 1.29 is 0 Å². The van der Waals surface area contributed by atoms with Crippen LogP contribution in [-0.2, 0) is 6.54 Å². The summed E-state index contributed by atoms with van der Waals surface area (Å²) in [6.45, 7) is 6.43. The van der Waals surface area contributed by atoms with Crippen LogP contribution < -0.4 is 10.2 Å². The molecule has 1 unspecified atom stereocenters. The van der Waals surface area contributed by atoms with E-state index in [4.69, 9.17) is 0 Å². The molecule has 1 heterocycles. The lowest BCUT2D eigenvalue weighted by atomic mass is 10.1. The molecule has 0 spiro atoms. The number of anilines is 1. The molecule has 1 saturated heterocycles. The van der Waals surface area contributed by atoms with Crippen LogP contribution in [-0.4, -0.2) is 56.1 Å². The van der Waals surface area contributed by atoms with E-state index in [0.29, 0.717) is 5.25 Å². The molecule has 1 aromatic carbocycles. The van der Waals surface area contributed by atoms with Gasteiger partial charge < -0.3 is 15.1 Å². The number of piperidine rings is 1. The van der Waals surface area contributed by atoms with Crippen LogP contribution in [0.4, 0.5) is 5.69 Å². The number of guanidine groups is 1. The molecule has 0 radical (unpaired) electrons. The van der Waals surface area contributed by atoms with Gasteiger partial charge in [0.25, 0.3) is 0 Å². The Labute approximate surface area is 174 Å². The van der Waals surface area contributed by atoms with E-state index in [1.807, 2.05) is 18.8 Å². The first-order chi connectivity index (χ1) is 11.6. The van der Waals surface area contributed by atoms with Crippen molar-refractivity contribution in [3.05, 3.63) is 29.8 Å². The molecule has 1 fully saturated rings. The number of benzene rings is 1. The molecule has 4 nitrogen and oxygen atoms in total. The van der Waals surface area contributed by atoms with Crippen LogP contribution in [0.5, 0.6) is 0 Å². The Hall–Kier alpha value is -0.630. The normalized spacial score (nSPS) is 16.2. The van der Waals surface area contributed by atoms with Crippen molar-refractivity contribution in [2.24, 2.45) is 4.99 Å². The molecule has 0 aliphatic carbocycles. The summed E-state index contributed by atoms with van der Waals surface area (Å²) >= 11 is 1.87. The summed E-state index contributed by atoms with van der Waals surface area (Å²) in [4.78, 5) is 9.08. The first kappa shape index (κ1) is 22.4. The number of halogens is 1. The lowest BCUT2D eigenvalue weighted by Crippen LogP contribution is -2.40. The van der Waals surface area contributed by atoms with Crippen molar-refractivity contribution in [3.8, 4) is 0 Å². The number of nitrogens with one attached hydrogen (secondary N) is 1. The monoisotopic (exact) mass is 476 g/mol. The largest absolute Gasteiger partial charge is 0.372 e. The molecule has 6 heteroatoms. The second-order valence-electron chi connectivity index (χ2n) is 6.54. The minimum Gasteiger partial charge on any atom is -0.372 e. The Morgan fingerprint density at radius 1 is 1.24 bits per heavy atom. The maximum atomic E-state index is 4.40. The molecule has 0 bridgehead atoms. The first-order valence-corrected chi connectivity index (χ1v) is 10.2. The van der Waals surface area contributed by atoms with Crippen LogP contribution in [0.3, 0.4) is 0 Å². The third kappa shape index (κ3) is 7.25. The molecule has 1 aliphatic heterocycles. The second kappa shape index (κ2) is 11.9. The predicted molar refractivity (Wildman–Crippen MR) is 124 cm³/mol. The average Bonchev–Trinajstić information content (AvgIpc) is 2.63. The van der Waals surface area contributed by atoms with Gasteiger partial charge in [-0.2, -0.15) is 11.8 Å². The number of nitrogens with zero attached hydrogens (tertiary/aromatic N) is 3. The van der Waals surface area contributed by atoms with E-state index in [2.05, 4.69) is 64.6 Å². The van der Waals surface area contributed by atoms with E-state index in [0.717, 1.165) is 19.0 Å². The van der Waals surface area contributed by atoms with Crippen molar-refractivity contribution in [1.29, 1.82) is 0 Å². The Morgan fingerprint density at radius 3 is 2.44 bits per heavy atom. The van der Waals surface area contributed by atoms with Crippen molar-refractivity contribution in [3.63, 3.8) is 0 Å². The van der Waals surface area contributed by atoms with E-state index in [1.54, 1.807) is 0 Å². The third-order valence-electron chi connectivity index (χ3n) is 4.60. The lowest BCUT2D eigenvalue weighted by molar-refractivity contribution is 0.477. The van der Waals surface area contributed by atoms with E-state index >= 15 is 0 Å². The van der Waals surface area contributed by atoms with Crippen LogP contribution in [0.1, 0.15) is 31.7 Å². The molecule has 0 saturated carbocycles. The predicted octanol–water partition coefficient (Wildman–Crippen LogP) is 4.05. The van der Waals surface area contributed by atoms with Gasteiger partial charge in [-0.15, -0.1) is 24.0 Å². The molecule has 142 valence electrons. The highest BCUT2D eigenvalue weighted by Crippen LogP contribution is 2.20. The summed E-state index contributed by atoms with van der Waals surface area (Å²) in [5, 5.41) is 4.03. The van der Waals surface area contributed by atoms with Crippen molar-refractivity contribution in [1.82, 2.24) is 10.2 Å². The summed E-state index contributed by atoms with van der Waals surface area (Å²) in [6, 6.07) is 9.03. The summed E-state index contributed by atoms with van der Waals surface area (Å²) in [5.41, 5.74) is 2.68. The van der Waals surface area contributed by atoms with Gasteiger partial charge >= 0.3 is 0 Å². The van der Waals surface area contributed by atoms with Gasteiger partial charge in [0, 0.05) is 51.2 Å². The maximum absolute atomic E-state index is 4.40. The van der Waals surface area contributed by atoms with Crippen LogP contribution in [0, 0.1) is 0 Å². The Bertz CT molecular complexity index is 515. The average molecular weight is 476 g/mol. The summed E-state index contributed by atoms with van der Waals surface area (Å²) < 4.78 is 0. The quantitative estimate of drug-likeness (QED) is 0.381. The van der Waals surface area contributed by atoms with Gasteiger partial charge in [0.05, 0.1) is 0 Å². The Kier molecular flexibility index (Phi) is 10.7. The molecular formula is C19H33IN4S. The van der Waals surface area contributed by atoms with Gasteiger partial charge in [-0.3, -0.25) is 4.99 Å². The number of thioether (sulfide) groups is 1. The fraction of sp³-hybridized carbons (Fsp3) is 0.632. The molecule has 25 heavy (non-hydrogen) atoms. The van der Waals surface area contributed by atoms with E-state index in [9.17, 15) is 0 Å². The summed E-state index contributed by atoms with van der Waals surface area (Å²) in [7, 11) is 3.94. The first-order valence-electron chi connectivity index (χ1n) is 8.92. The zero-order chi connectivity index (χ0) is 17.4. The molecule has 0 aromatic heterocycles. The van der Waals surface area contributed by atoms with Crippen LogP contribution in [0.15, 0.2) is 29.3 Å². The molecule has 0 amide bonds. The molecule has 1 aliphatic rings.